The van der Waals surface area contributed by atoms with Crippen molar-refractivity contribution in [2.24, 2.45) is 0 Å². The Morgan fingerprint density at radius 2 is 1.67 bits per heavy atom. The second kappa shape index (κ2) is 9.49. The molecule has 0 unspecified atom stereocenters. The summed E-state index contributed by atoms with van der Waals surface area (Å²) in [7, 11) is 0. The number of thiazole rings is 1. The fourth-order valence-corrected chi connectivity index (χ4v) is 3.00. The lowest BCUT2D eigenvalue weighted by Gasteiger charge is -2.06. The van der Waals surface area contributed by atoms with Gasteiger partial charge >= 0.3 is 0 Å². The third-order valence-electron chi connectivity index (χ3n) is 3.55. The molecule has 0 saturated carbocycles. The minimum atomic E-state index is -0.273. The van der Waals surface area contributed by atoms with E-state index in [1.807, 2.05) is 53.9 Å². The van der Waals surface area contributed by atoms with E-state index < -0.39 is 0 Å². The molecule has 1 heterocycles. The van der Waals surface area contributed by atoms with Crippen molar-refractivity contribution in [3.05, 3.63) is 76.7 Å². The van der Waals surface area contributed by atoms with E-state index in [0.717, 1.165) is 10.8 Å². The van der Waals surface area contributed by atoms with Gasteiger partial charge in [0.15, 0.2) is 0 Å². The van der Waals surface area contributed by atoms with Crippen molar-refractivity contribution in [1.29, 1.82) is 0 Å². The number of carbonyl (C=O) groups excluding carboxylic acids is 2. The lowest BCUT2D eigenvalue weighted by molar-refractivity contribution is -0.123. The van der Waals surface area contributed by atoms with Crippen LogP contribution in [0.5, 0.6) is 5.75 Å². The van der Waals surface area contributed by atoms with Gasteiger partial charge in [-0.3, -0.25) is 9.59 Å². The fourth-order valence-electron chi connectivity index (χ4n) is 2.29. The molecule has 27 heavy (non-hydrogen) atoms. The monoisotopic (exact) mass is 381 g/mol. The molecule has 6 nitrogen and oxygen atoms in total. The van der Waals surface area contributed by atoms with Crippen molar-refractivity contribution in [3.63, 3.8) is 0 Å². The van der Waals surface area contributed by atoms with Gasteiger partial charge in [0.2, 0.25) is 11.8 Å². The number of para-hydroxylation sites is 2. The van der Waals surface area contributed by atoms with Crippen LogP contribution in [-0.4, -0.2) is 23.3 Å². The van der Waals surface area contributed by atoms with Gasteiger partial charge in [-0.05, 0) is 24.3 Å². The molecule has 0 fully saturated rings. The van der Waals surface area contributed by atoms with Crippen molar-refractivity contribution in [1.82, 2.24) is 10.3 Å². The number of hydrogen-bond acceptors (Lipinski definition) is 5. The van der Waals surface area contributed by atoms with Crippen molar-refractivity contribution in [2.45, 2.75) is 13.0 Å². The van der Waals surface area contributed by atoms with E-state index in [0.29, 0.717) is 18.0 Å². The number of amides is 2. The Kier molecular flexibility index (Phi) is 6.54. The first-order chi connectivity index (χ1) is 13.2. The minimum absolute atomic E-state index is 0.0815. The molecule has 2 amide bonds. The van der Waals surface area contributed by atoms with Crippen LogP contribution in [0, 0.1) is 0 Å². The number of carbonyl (C=O) groups is 2. The molecule has 3 aromatic rings. The van der Waals surface area contributed by atoms with Crippen molar-refractivity contribution in [2.75, 3.05) is 11.9 Å². The van der Waals surface area contributed by atoms with Crippen LogP contribution in [0.2, 0.25) is 0 Å². The molecule has 0 spiro atoms. The zero-order valence-electron chi connectivity index (χ0n) is 14.6. The lowest BCUT2D eigenvalue weighted by atomic mass is 10.3. The van der Waals surface area contributed by atoms with Crippen molar-refractivity contribution >= 4 is 28.8 Å². The zero-order chi connectivity index (χ0) is 18.9. The second-order valence-electron chi connectivity index (χ2n) is 5.70. The fraction of sp³-hybridized carbons (Fsp3) is 0.150. The van der Waals surface area contributed by atoms with E-state index in [2.05, 4.69) is 15.6 Å². The van der Waals surface area contributed by atoms with Gasteiger partial charge in [-0.1, -0.05) is 36.4 Å². The average molecular weight is 381 g/mol. The number of aromatic nitrogens is 1. The van der Waals surface area contributed by atoms with Crippen LogP contribution in [0.4, 0.5) is 5.69 Å². The summed E-state index contributed by atoms with van der Waals surface area (Å²) in [4.78, 5) is 28.2. The van der Waals surface area contributed by atoms with Crippen molar-refractivity contribution in [3.8, 4) is 5.75 Å². The number of rotatable bonds is 8. The first kappa shape index (κ1) is 18.6. The standard InChI is InChI=1S/C20H19N3O3S/c24-18(21-12-19(25)22-15-7-3-1-4-8-15)11-16-14-27-20(23-16)13-26-17-9-5-2-6-10-17/h1-10,14H,11-13H2,(H,21,24)(H,22,25). The highest BCUT2D eigenvalue weighted by atomic mass is 32.1. The molecule has 3 rings (SSSR count). The summed E-state index contributed by atoms with van der Waals surface area (Å²) in [6.07, 6.45) is 0.125. The molecule has 0 aliphatic rings. The lowest BCUT2D eigenvalue weighted by Crippen LogP contribution is -2.33. The zero-order valence-corrected chi connectivity index (χ0v) is 15.4. The normalized spacial score (nSPS) is 10.2. The first-order valence-electron chi connectivity index (χ1n) is 8.42. The molecule has 0 saturated heterocycles. The van der Waals surface area contributed by atoms with Gasteiger partial charge in [-0.25, -0.2) is 4.98 Å². The van der Waals surface area contributed by atoms with Crippen molar-refractivity contribution < 1.29 is 14.3 Å². The van der Waals surface area contributed by atoms with Crippen LogP contribution in [0.25, 0.3) is 0 Å². The largest absolute Gasteiger partial charge is 0.486 e. The third-order valence-corrected chi connectivity index (χ3v) is 4.42. The Bertz CT molecular complexity index is 882. The Morgan fingerprint density at radius 1 is 0.963 bits per heavy atom. The number of hydrogen-bond donors (Lipinski definition) is 2. The molecule has 0 radical (unpaired) electrons. The number of ether oxygens (including phenoxy) is 1. The van der Waals surface area contributed by atoms with Gasteiger partial charge in [0.05, 0.1) is 18.7 Å². The van der Waals surface area contributed by atoms with E-state index in [9.17, 15) is 9.59 Å². The summed E-state index contributed by atoms with van der Waals surface area (Å²) >= 11 is 1.44. The summed E-state index contributed by atoms with van der Waals surface area (Å²) in [5.41, 5.74) is 1.35. The van der Waals surface area contributed by atoms with Crippen LogP contribution >= 0.6 is 11.3 Å². The second-order valence-corrected chi connectivity index (χ2v) is 6.64. The summed E-state index contributed by atoms with van der Waals surface area (Å²) in [5.74, 6) is 0.250. The Labute approximate surface area is 161 Å². The molecule has 7 heteroatoms. The highest BCUT2D eigenvalue weighted by Crippen LogP contribution is 2.15. The number of nitrogens with one attached hydrogen (secondary N) is 2. The number of nitrogens with zero attached hydrogens (tertiary/aromatic N) is 1. The topological polar surface area (TPSA) is 80.3 Å². The Morgan fingerprint density at radius 3 is 2.41 bits per heavy atom. The van der Waals surface area contributed by atoms with Crippen LogP contribution in [0.15, 0.2) is 66.0 Å². The smallest absolute Gasteiger partial charge is 0.243 e. The molecule has 138 valence electrons. The maximum atomic E-state index is 12.0. The van der Waals surface area contributed by atoms with Crippen LogP contribution in [0.1, 0.15) is 10.7 Å². The number of anilines is 1. The van der Waals surface area contributed by atoms with Gasteiger partial charge in [-0.2, -0.15) is 0 Å². The van der Waals surface area contributed by atoms with Gasteiger partial charge < -0.3 is 15.4 Å². The van der Waals surface area contributed by atoms with Crippen LogP contribution < -0.4 is 15.4 Å². The van der Waals surface area contributed by atoms with E-state index in [1.165, 1.54) is 11.3 Å². The number of benzene rings is 2. The van der Waals surface area contributed by atoms with Crippen LogP contribution in [-0.2, 0) is 22.6 Å². The SMILES string of the molecule is O=C(Cc1csc(COc2ccccc2)n1)NCC(=O)Nc1ccccc1. The highest BCUT2D eigenvalue weighted by Gasteiger charge is 2.10. The summed E-state index contributed by atoms with van der Waals surface area (Å²) in [5, 5.41) is 7.94. The summed E-state index contributed by atoms with van der Waals surface area (Å²) in [6, 6.07) is 18.6. The predicted octanol–water partition coefficient (Wildman–Crippen LogP) is 3.02. The van der Waals surface area contributed by atoms with E-state index in [4.69, 9.17) is 4.74 Å². The molecule has 1 aromatic heterocycles. The molecule has 2 aromatic carbocycles. The van der Waals surface area contributed by atoms with Gasteiger partial charge in [0.1, 0.15) is 17.4 Å². The molecular formula is C20H19N3O3S. The quantitative estimate of drug-likeness (QED) is 0.629. The summed E-state index contributed by atoms with van der Waals surface area (Å²) in [6.45, 7) is 0.275. The van der Waals surface area contributed by atoms with E-state index in [1.54, 1.807) is 12.1 Å². The minimum Gasteiger partial charge on any atom is -0.486 e. The van der Waals surface area contributed by atoms with Gasteiger partial charge in [0, 0.05) is 11.1 Å². The molecule has 0 aliphatic carbocycles. The third kappa shape index (κ3) is 6.23. The first-order valence-corrected chi connectivity index (χ1v) is 9.30. The van der Waals surface area contributed by atoms with Gasteiger partial charge in [0.25, 0.3) is 0 Å². The average Bonchev–Trinajstić information content (AvgIpc) is 3.14. The van der Waals surface area contributed by atoms with E-state index in [-0.39, 0.29) is 24.8 Å². The molecule has 0 aliphatic heterocycles. The highest BCUT2D eigenvalue weighted by molar-refractivity contribution is 7.09. The van der Waals surface area contributed by atoms with E-state index >= 15 is 0 Å². The molecule has 2 N–H and O–H groups in total. The maximum absolute atomic E-state index is 12.0. The van der Waals surface area contributed by atoms with Crippen LogP contribution in [0.3, 0.4) is 0 Å². The Hall–Kier alpha value is -3.19. The van der Waals surface area contributed by atoms with Gasteiger partial charge in [-0.15, -0.1) is 11.3 Å². The summed E-state index contributed by atoms with van der Waals surface area (Å²) < 4.78 is 5.64. The molecular weight excluding hydrogens is 362 g/mol. The molecule has 0 atom stereocenters. The maximum Gasteiger partial charge on any atom is 0.243 e. The predicted molar refractivity (Wildman–Crippen MR) is 105 cm³/mol. The molecule has 0 bridgehead atoms. The Balaban J connectivity index is 1.40.